The van der Waals surface area contributed by atoms with Gasteiger partial charge in [-0.3, -0.25) is 4.79 Å². The van der Waals surface area contributed by atoms with E-state index in [-0.39, 0.29) is 11.3 Å². The van der Waals surface area contributed by atoms with E-state index in [9.17, 15) is 4.79 Å². The first-order chi connectivity index (χ1) is 7.63. The number of carbonyl (C=O) groups excluding carboxylic acids is 1. The second-order valence-electron chi connectivity index (χ2n) is 4.69. The zero-order valence-electron chi connectivity index (χ0n) is 10.6. The van der Waals surface area contributed by atoms with Crippen LogP contribution in [0.4, 0.5) is 0 Å². The Morgan fingerprint density at radius 3 is 2.81 bits per heavy atom. The van der Waals surface area contributed by atoms with Crippen LogP contribution in [0.2, 0.25) is 0 Å². The van der Waals surface area contributed by atoms with Gasteiger partial charge in [0.05, 0.1) is 12.0 Å². The highest BCUT2D eigenvalue weighted by molar-refractivity contribution is 5.83. The van der Waals surface area contributed by atoms with Gasteiger partial charge in [0.2, 0.25) is 5.91 Å². The Balaban J connectivity index is 2.43. The van der Waals surface area contributed by atoms with Gasteiger partial charge >= 0.3 is 0 Å². The van der Waals surface area contributed by atoms with Crippen molar-refractivity contribution in [3.8, 4) is 0 Å². The molecule has 4 nitrogen and oxygen atoms in total. The van der Waals surface area contributed by atoms with Crippen LogP contribution in [0.15, 0.2) is 0 Å². The summed E-state index contributed by atoms with van der Waals surface area (Å²) in [5.41, 5.74) is -0.216. The third kappa shape index (κ3) is 2.95. The number of hydrogen-bond donors (Lipinski definition) is 2. The lowest BCUT2D eigenvalue weighted by atomic mass is 9.75. The monoisotopic (exact) mass is 228 g/mol. The van der Waals surface area contributed by atoms with Crippen LogP contribution >= 0.6 is 0 Å². The van der Waals surface area contributed by atoms with Crippen molar-refractivity contribution in [3.05, 3.63) is 0 Å². The summed E-state index contributed by atoms with van der Waals surface area (Å²) in [6.07, 6.45) is 0.936. The first-order valence-electron chi connectivity index (χ1n) is 6.20. The lowest BCUT2D eigenvalue weighted by molar-refractivity contribution is -0.132. The minimum atomic E-state index is -0.216. The fraction of sp³-hybridized carbons (Fsp3) is 0.917. The summed E-state index contributed by atoms with van der Waals surface area (Å²) in [5.74, 6) is 0.543. The summed E-state index contributed by atoms with van der Waals surface area (Å²) >= 11 is 0. The summed E-state index contributed by atoms with van der Waals surface area (Å²) in [4.78, 5) is 12.2. The van der Waals surface area contributed by atoms with Gasteiger partial charge in [0, 0.05) is 19.7 Å². The van der Waals surface area contributed by atoms with E-state index in [2.05, 4.69) is 24.5 Å². The van der Waals surface area contributed by atoms with Gasteiger partial charge in [0.15, 0.2) is 0 Å². The Kier molecular flexibility index (Phi) is 5.22. The molecule has 1 heterocycles. The molecule has 2 N–H and O–H groups in total. The Labute approximate surface area is 98.1 Å². The lowest BCUT2D eigenvalue weighted by Gasteiger charge is -2.31. The van der Waals surface area contributed by atoms with E-state index in [0.29, 0.717) is 25.7 Å². The Bertz CT molecular complexity index is 223. The molecule has 0 aromatic heterocycles. The summed E-state index contributed by atoms with van der Waals surface area (Å²) in [6, 6.07) is 0. The van der Waals surface area contributed by atoms with Gasteiger partial charge in [0.25, 0.3) is 0 Å². The van der Waals surface area contributed by atoms with Gasteiger partial charge < -0.3 is 15.4 Å². The fourth-order valence-electron chi connectivity index (χ4n) is 2.22. The van der Waals surface area contributed by atoms with Crippen molar-refractivity contribution < 1.29 is 9.53 Å². The number of amides is 1. The predicted molar refractivity (Wildman–Crippen MR) is 64.3 cm³/mol. The number of rotatable bonds is 6. The van der Waals surface area contributed by atoms with E-state index in [0.717, 1.165) is 19.5 Å². The van der Waals surface area contributed by atoms with Crippen LogP contribution in [0.1, 0.15) is 27.2 Å². The van der Waals surface area contributed by atoms with Crippen LogP contribution in [0.5, 0.6) is 0 Å². The summed E-state index contributed by atoms with van der Waals surface area (Å²) in [5, 5.41) is 6.26. The molecular weight excluding hydrogens is 204 g/mol. The molecule has 1 fully saturated rings. The molecule has 1 saturated heterocycles. The predicted octanol–water partition coefficient (Wildman–Crippen LogP) is 0.775. The molecule has 1 aliphatic rings. The van der Waals surface area contributed by atoms with Crippen LogP contribution < -0.4 is 10.6 Å². The van der Waals surface area contributed by atoms with Crippen molar-refractivity contribution in [2.45, 2.75) is 27.2 Å². The van der Waals surface area contributed by atoms with Crippen LogP contribution in [0.3, 0.4) is 0 Å². The minimum absolute atomic E-state index is 0.173. The van der Waals surface area contributed by atoms with Gasteiger partial charge in [-0.05, 0) is 25.8 Å². The zero-order valence-corrected chi connectivity index (χ0v) is 10.6. The van der Waals surface area contributed by atoms with Crippen molar-refractivity contribution in [2.24, 2.45) is 11.3 Å². The number of hydrogen-bond acceptors (Lipinski definition) is 3. The molecule has 1 rings (SSSR count). The first-order valence-corrected chi connectivity index (χ1v) is 6.20. The van der Waals surface area contributed by atoms with E-state index in [4.69, 9.17) is 4.74 Å². The second-order valence-corrected chi connectivity index (χ2v) is 4.69. The standard InChI is InChI=1S/C12H24N2O2/c1-4-16-8-7-14-11(15)12(10(2)3)5-6-13-9-12/h10,13H,4-9H2,1-3H3,(H,14,15). The second kappa shape index (κ2) is 6.21. The maximum atomic E-state index is 12.2. The number of ether oxygens (including phenoxy) is 1. The van der Waals surface area contributed by atoms with Gasteiger partial charge in [-0.1, -0.05) is 13.8 Å². The number of nitrogens with one attached hydrogen (secondary N) is 2. The molecule has 0 spiro atoms. The van der Waals surface area contributed by atoms with Gasteiger partial charge in [-0.25, -0.2) is 0 Å². The van der Waals surface area contributed by atoms with E-state index in [1.807, 2.05) is 6.92 Å². The zero-order chi connectivity index (χ0) is 12.0. The molecule has 4 heteroatoms. The van der Waals surface area contributed by atoms with Crippen molar-refractivity contribution >= 4 is 5.91 Å². The smallest absolute Gasteiger partial charge is 0.227 e. The van der Waals surface area contributed by atoms with E-state index in [1.54, 1.807) is 0 Å². The third-order valence-electron chi connectivity index (χ3n) is 3.48. The molecular formula is C12H24N2O2. The topological polar surface area (TPSA) is 50.4 Å². The molecule has 1 aliphatic heterocycles. The van der Waals surface area contributed by atoms with Gasteiger partial charge in [0.1, 0.15) is 0 Å². The van der Waals surface area contributed by atoms with Crippen molar-refractivity contribution in [1.29, 1.82) is 0 Å². The molecule has 0 aromatic carbocycles. The summed E-state index contributed by atoms with van der Waals surface area (Å²) in [6.45, 7) is 9.85. The Morgan fingerprint density at radius 1 is 1.56 bits per heavy atom. The average Bonchev–Trinajstić information content (AvgIpc) is 2.74. The van der Waals surface area contributed by atoms with Crippen molar-refractivity contribution in [1.82, 2.24) is 10.6 Å². The third-order valence-corrected chi connectivity index (χ3v) is 3.48. The molecule has 0 aliphatic carbocycles. The average molecular weight is 228 g/mol. The maximum absolute atomic E-state index is 12.2. The normalized spacial score (nSPS) is 25.0. The minimum Gasteiger partial charge on any atom is -0.380 e. The van der Waals surface area contributed by atoms with Crippen LogP contribution in [0, 0.1) is 11.3 Å². The van der Waals surface area contributed by atoms with E-state index in [1.165, 1.54) is 0 Å². The largest absolute Gasteiger partial charge is 0.380 e. The van der Waals surface area contributed by atoms with Gasteiger partial charge in [-0.2, -0.15) is 0 Å². The maximum Gasteiger partial charge on any atom is 0.227 e. The molecule has 1 unspecified atom stereocenters. The molecule has 0 aromatic rings. The number of carbonyl (C=O) groups is 1. The first kappa shape index (κ1) is 13.5. The molecule has 1 atom stereocenters. The van der Waals surface area contributed by atoms with Gasteiger partial charge in [-0.15, -0.1) is 0 Å². The molecule has 1 amide bonds. The summed E-state index contributed by atoms with van der Waals surface area (Å²) < 4.78 is 5.21. The highest BCUT2D eigenvalue weighted by Crippen LogP contribution is 2.34. The van der Waals surface area contributed by atoms with E-state index >= 15 is 0 Å². The highest BCUT2D eigenvalue weighted by atomic mass is 16.5. The SMILES string of the molecule is CCOCCNC(=O)C1(C(C)C)CCNC1. The molecule has 0 bridgehead atoms. The van der Waals surface area contributed by atoms with Crippen LogP contribution in [-0.2, 0) is 9.53 Å². The quantitative estimate of drug-likeness (QED) is 0.660. The Morgan fingerprint density at radius 2 is 2.31 bits per heavy atom. The van der Waals surface area contributed by atoms with Crippen molar-refractivity contribution in [2.75, 3.05) is 32.8 Å². The van der Waals surface area contributed by atoms with Crippen LogP contribution in [-0.4, -0.2) is 38.8 Å². The molecule has 0 saturated carbocycles. The van der Waals surface area contributed by atoms with Crippen molar-refractivity contribution in [3.63, 3.8) is 0 Å². The molecule has 16 heavy (non-hydrogen) atoms. The molecule has 94 valence electrons. The van der Waals surface area contributed by atoms with Crippen LogP contribution in [0.25, 0.3) is 0 Å². The fourth-order valence-corrected chi connectivity index (χ4v) is 2.22. The molecule has 0 radical (unpaired) electrons. The highest BCUT2D eigenvalue weighted by Gasteiger charge is 2.43. The summed E-state index contributed by atoms with van der Waals surface area (Å²) in [7, 11) is 0. The lowest BCUT2D eigenvalue weighted by Crippen LogP contribution is -2.46. The van der Waals surface area contributed by atoms with E-state index < -0.39 is 0 Å². The Hall–Kier alpha value is -0.610.